The minimum atomic E-state index is 0.229. The van der Waals surface area contributed by atoms with Crippen molar-refractivity contribution >= 4 is 17.0 Å². The monoisotopic (exact) mass is 265 g/mol. The van der Waals surface area contributed by atoms with Gasteiger partial charge in [0.25, 0.3) is 5.24 Å². The fourth-order valence-corrected chi connectivity index (χ4v) is 2.51. The first kappa shape index (κ1) is 15.1. The SMILES string of the molecule is CCCN(CCCc1ccccc1)C(=O)SCC. The highest BCUT2D eigenvalue weighted by atomic mass is 32.2. The van der Waals surface area contributed by atoms with E-state index in [1.54, 1.807) is 0 Å². The van der Waals surface area contributed by atoms with E-state index in [9.17, 15) is 4.79 Å². The van der Waals surface area contributed by atoms with Crippen molar-refractivity contribution < 1.29 is 4.79 Å². The number of nitrogens with zero attached hydrogens (tertiary/aromatic N) is 1. The van der Waals surface area contributed by atoms with Crippen molar-refractivity contribution in [3.05, 3.63) is 35.9 Å². The lowest BCUT2D eigenvalue weighted by Gasteiger charge is -2.21. The van der Waals surface area contributed by atoms with Gasteiger partial charge in [0.2, 0.25) is 0 Å². The number of thioether (sulfide) groups is 1. The number of amides is 1. The number of hydrogen-bond acceptors (Lipinski definition) is 2. The van der Waals surface area contributed by atoms with Crippen molar-refractivity contribution in [1.29, 1.82) is 0 Å². The summed E-state index contributed by atoms with van der Waals surface area (Å²) in [6, 6.07) is 10.5. The molecule has 1 aromatic rings. The third kappa shape index (κ3) is 5.58. The van der Waals surface area contributed by atoms with Crippen LogP contribution in [0.15, 0.2) is 30.3 Å². The van der Waals surface area contributed by atoms with E-state index in [0.29, 0.717) is 0 Å². The number of carbonyl (C=O) groups excluding carboxylic acids is 1. The zero-order chi connectivity index (χ0) is 13.2. The summed E-state index contributed by atoms with van der Waals surface area (Å²) in [6.45, 7) is 5.89. The molecule has 0 saturated heterocycles. The molecule has 2 nitrogen and oxygen atoms in total. The highest BCUT2D eigenvalue weighted by Crippen LogP contribution is 2.11. The first-order valence-electron chi connectivity index (χ1n) is 6.73. The second kappa shape index (κ2) is 9.03. The highest BCUT2D eigenvalue weighted by Gasteiger charge is 2.11. The zero-order valence-electron chi connectivity index (χ0n) is 11.4. The van der Waals surface area contributed by atoms with E-state index in [4.69, 9.17) is 0 Å². The molecule has 3 heteroatoms. The molecule has 0 aromatic heterocycles. The van der Waals surface area contributed by atoms with Crippen molar-refractivity contribution in [2.24, 2.45) is 0 Å². The molecule has 0 atom stereocenters. The summed E-state index contributed by atoms with van der Waals surface area (Å²) in [5, 5.41) is 0.229. The Morgan fingerprint density at radius 1 is 1.17 bits per heavy atom. The Bertz CT molecular complexity index is 340. The number of benzene rings is 1. The Morgan fingerprint density at radius 2 is 1.89 bits per heavy atom. The predicted octanol–water partition coefficient (Wildman–Crippen LogP) is 4.20. The Morgan fingerprint density at radius 3 is 2.50 bits per heavy atom. The van der Waals surface area contributed by atoms with Crippen LogP contribution in [0.2, 0.25) is 0 Å². The van der Waals surface area contributed by atoms with Crippen molar-refractivity contribution in [2.45, 2.75) is 33.1 Å². The lowest BCUT2D eigenvalue weighted by Crippen LogP contribution is -2.29. The Labute approximate surface area is 115 Å². The molecule has 100 valence electrons. The van der Waals surface area contributed by atoms with Gasteiger partial charge >= 0.3 is 0 Å². The number of carbonyl (C=O) groups is 1. The highest BCUT2D eigenvalue weighted by molar-refractivity contribution is 8.13. The summed E-state index contributed by atoms with van der Waals surface area (Å²) >= 11 is 1.41. The van der Waals surface area contributed by atoms with Crippen molar-refractivity contribution in [3.63, 3.8) is 0 Å². The molecule has 1 aromatic carbocycles. The molecule has 1 rings (SSSR count). The van der Waals surface area contributed by atoms with Gasteiger partial charge in [-0.05, 0) is 30.6 Å². The van der Waals surface area contributed by atoms with Gasteiger partial charge in [0, 0.05) is 13.1 Å². The maximum Gasteiger partial charge on any atom is 0.281 e. The fourth-order valence-electron chi connectivity index (χ4n) is 1.90. The minimum absolute atomic E-state index is 0.229. The summed E-state index contributed by atoms with van der Waals surface area (Å²) in [5.41, 5.74) is 1.35. The molecule has 0 radical (unpaired) electrons. The van der Waals surface area contributed by atoms with Crippen LogP contribution in [-0.4, -0.2) is 29.0 Å². The standard InChI is InChI=1S/C15H23NOS/c1-3-12-16(15(17)18-4-2)13-8-11-14-9-6-5-7-10-14/h5-7,9-10H,3-4,8,11-13H2,1-2H3. The molecule has 18 heavy (non-hydrogen) atoms. The Kier molecular flexibility index (Phi) is 7.58. The minimum Gasteiger partial charge on any atom is -0.334 e. The van der Waals surface area contributed by atoms with E-state index in [2.05, 4.69) is 31.2 Å². The maximum absolute atomic E-state index is 11.9. The van der Waals surface area contributed by atoms with Crippen molar-refractivity contribution in [1.82, 2.24) is 4.90 Å². The quantitative estimate of drug-likeness (QED) is 0.736. The molecule has 0 bridgehead atoms. The zero-order valence-corrected chi connectivity index (χ0v) is 12.2. The lowest BCUT2D eigenvalue weighted by molar-refractivity contribution is 0.222. The summed E-state index contributed by atoms with van der Waals surface area (Å²) in [4.78, 5) is 13.8. The molecular formula is C15H23NOS. The third-order valence-electron chi connectivity index (χ3n) is 2.76. The second-order valence-corrected chi connectivity index (χ2v) is 5.49. The molecule has 0 N–H and O–H groups in total. The van der Waals surface area contributed by atoms with Crippen LogP contribution >= 0.6 is 11.8 Å². The van der Waals surface area contributed by atoms with Crippen molar-refractivity contribution in [2.75, 3.05) is 18.8 Å². The molecule has 0 aliphatic rings. The van der Waals surface area contributed by atoms with Crippen LogP contribution in [0.3, 0.4) is 0 Å². The van der Waals surface area contributed by atoms with Gasteiger partial charge in [-0.1, -0.05) is 55.9 Å². The number of rotatable bonds is 7. The average molecular weight is 265 g/mol. The van der Waals surface area contributed by atoms with E-state index in [0.717, 1.165) is 38.1 Å². The van der Waals surface area contributed by atoms with Crippen molar-refractivity contribution in [3.8, 4) is 0 Å². The molecule has 0 spiro atoms. The van der Waals surface area contributed by atoms with Gasteiger partial charge in [-0.2, -0.15) is 0 Å². The van der Waals surface area contributed by atoms with Crippen LogP contribution in [0.5, 0.6) is 0 Å². The van der Waals surface area contributed by atoms with Gasteiger partial charge in [0.05, 0.1) is 0 Å². The summed E-state index contributed by atoms with van der Waals surface area (Å²) < 4.78 is 0. The van der Waals surface area contributed by atoms with Gasteiger partial charge in [-0.3, -0.25) is 4.79 Å². The summed E-state index contributed by atoms with van der Waals surface area (Å²) in [7, 11) is 0. The molecule has 0 saturated carbocycles. The van der Waals surface area contributed by atoms with Crippen LogP contribution in [0.4, 0.5) is 4.79 Å². The summed E-state index contributed by atoms with van der Waals surface area (Å²) in [5.74, 6) is 0.859. The lowest BCUT2D eigenvalue weighted by atomic mass is 10.1. The maximum atomic E-state index is 11.9. The molecular weight excluding hydrogens is 242 g/mol. The number of hydrogen-bond donors (Lipinski definition) is 0. The largest absolute Gasteiger partial charge is 0.334 e. The van der Waals surface area contributed by atoms with Gasteiger partial charge in [-0.15, -0.1) is 0 Å². The van der Waals surface area contributed by atoms with Crippen LogP contribution in [0, 0.1) is 0 Å². The van der Waals surface area contributed by atoms with Gasteiger partial charge in [0.15, 0.2) is 0 Å². The molecule has 0 aliphatic carbocycles. The topological polar surface area (TPSA) is 20.3 Å². The van der Waals surface area contributed by atoms with Gasteiger partial charge < -0.3 is 4.90 Å². The second-order valence-electron chi connectivity index (χ2n) is 4.28. The number of aryl methyl sites for hydroxylation is 1. The van der Waals surface area contributed by atoms with E-state index in [-0.39, 0.29) is 5.24 Å². The molecule has 0 unspecified atom stereocenters. The Balaban J connectivity index is 2.35. The molecule has 1 amide bonds. The van der Waals surface area contributed by atoms with Gasteiger partial charge in [0.1, 0.15) is 0 Å². The average Bonchev–Trinajstić information content (AvgIpc) is 2.39. The van der Waals surface area contributed by atoms with Crippen LogP contribution in [0.1, 0.15) is 32.3 Å². The first-order chi connectivity index (χ1) is 8.77. The van der Waals surface area contributed by atoms with Crippen LogP contribution in [0.25, 0.3) is 0 Å². The van der Waals surface area contributed by atoms with E-state index in [1.807, 2.05) is 17.9 Å². The van der Waals surface area contributed by atoms with Gasteiger partial charge in [-0.25, -0.2) is 0 Å². The van der Waals surface area contributed by atoms with E-state index < -0.39 is 0 Å². The predicted molar refractivity (Wildman–Crippen MR) is 80.2 cm³/mol. The summed E-state index contributed by atoms with van der Waals surface area (Å²) in [6.07, 6.45) is 3.12. The van der Waals surface area contributed by atoms with E-state index >= 15 is 0 Å². The Hall–Kier alpha value is -0.960. The fraction of sp³-hybridized carbons (Fsp3) is 0.533. The molecule has 0 heterocycles. The molecule has 0 aliphatic heterocycles. The third-order valence-corrected chi connectivity index (χ3v) is 3.55. The van der Waals surface area contributed by atoms with E-state index in [1.165, 1.54) is 17.3 Å². The first-order valence-corrected chi connectivity index (χ1v) is 7.72. The normalized spacial score (nSPS) is 10.3. The smallest absolute Gasteiger partial charge is 0.281 e. The van der Waals surface area contributed by atoms with Crippen LogP contribution < -0.4 is 0 Å². The molecule has 0 fully saturated rings. The van der Waals surface area contributed by atoms with Crippen LogP contribution in [-0.2, 0) is 6.42 Å².